The highest BCUT2D eigenvalue weighted by Crippen LogP contribution is 2.31. The molecule has 0 atom stereocenters. The van der Waals surface area contributed by atoms with Crippen molar-refractivity contribution in [2.75, 3.05) is 18.5 Å². The maximum atomic E-state index is 12.4. The molecule has 4 nitrogen and oxygen atoms in total. The summed E-state index contributed by atoms with van der Waals surface area (Å²) < 4.78 is 11.0. The molecule has 0 radical (unpaired) electrons. The summed E-state index contributed by atoms with van der Waals surface area (Å²) in [7, 11) is 0. The monoisotopic (exact) mass is 309 g/mol. The Morgan fingerprint density at radius 2 is 1.74 bits per heavy atom. The van der Waals surface area contributed by atoms with Crippen LogP contribution in [0.3, 0.4) is 0 Å². The Bertz CT molecular complexity index is 748. The van der Waals surface area contributed by atoms with Crippen molar-refractivity contribution in [3.8, 4) is 11.5 Å². The molecule has 0 fully saturated rings. The average Bonchev–Trinajstić information content (AvgIpc) is 2.56. The van der Waals surface area contributed by atoms with Crippen LogP contribution < -0.4 is 14.8 Å². The Morgan fingerprint density at radius 3 is 2.48 bits per heavy atom. The van der Waals surface area contributed by atoms with Gasteiger partial charge in [-0.15, -0.1) is 0 Å². The topological polar surface area (TPSA) is 47.6 Å². The number of nitrogens with one attached hydrogen (secondary N) is 1. The maximum absolute atomic E-state index is 12.4. The van der Waals surface area contributed by atoms with Crippen LogP contribution in [-0.4, -0.2) is 19.0 Å². The smallest absolute Gasteiger partial charge is 0.187 e. The second-order valence-electron chi connectivity index (χ2n) is 5.54. The van der Waals surface area contributed by atoms with Crippen LogP contribution in [0.1, 0.15) is 22.8 Å². The number of ketones is 1. The zero-order valence-electron chi connectivity index (χ0n) is 13.3. The first-order valence-electron chi connectivity index (χ1n) is 7.58. The Balaban J connectivity index is 1.73. The molecule has 0 saturated heterocycles. The normalized spacial score (nSPS) is 13.6. The summed E-state index contributed by atoms with van der Waals surface area (Å²) in [6, 6.07) is 13.3. The Labute approximate surface area is 135 Å². The molecular formula is C19H19NO3. The highest BCUT2D eigenvalue weighted by Gasteiger charge is 2.14. The lowest BCUT2D eigenvalue weighted by Gasteiger charge is -2.18. The minimum Gasteiger partial charge on any atom is -0.486 e. The van der Waals surface area contributed by atoms with Crippen molar-refractivity contribution in [3.05, 3.63) is 65.4 Å². The van der Waals surface area contributed by atoms with Gasteiger partial charge in [0.2, 0.25) is 0 Å². The molecule has 0 saturated carbocycles. The van der Waals surface area contributed by atoms with E-state index < -0.39 is 0 Å². The Kier molecular flexibility index (Phi) is 4.33. The number of benzene rings is 2. The van der Waals surface area contributed by atoms with E-state index in [1.807, 2.05) is 38.1 Å². The molecular weight excluding hydrogens is 290 g/mol. The maximum Gasteiger partial charge on any atom is 0.187 e. The summed E-state index contributed by atoms with van der Waals surface area (Å²) in [5, 5.41) is 3.22. The van der Waals surface area contributed by atoms with Crippen molar-refractivity contribution in [2.45, 2.75) is 13.8 Å². The summed E-state index contributed by atoms with van der Waals surface area (Å²) in [5.41, 5.74) is 3.52. The first-order chi connectivity index (χ1) is 11.1. The van der Waals surface area contributed by atoms with Crippen LogP contribution in [0.15, 0.2) is 54.2 Å². The van der Waals surface area contributed by atoms with Gasteiger partial charge in [0.05, 0.1) is 0 Å². The van der Waals surface area contributed by atoms with Crippen LogP contribution in [0.4, 0.5) is 5.69 Å². The second-order valence-corrected chi connectivity index (χ2v) is 5.54. The molecule has 0 spiro atoms. The van der Waals surface area contributed by atoms with E-state index in [9.17, 15) is 4.79 Å². The lowest BCUT2D eigenvalue weighted by atomic mass is 10.1. The Hall–Kier alpha value is -2.75. The first kappa shape index (κ1) is 15.2. The molecule has 1 heterocycles. The number of rotatable bonds is 4. The summed E-state index contributed by atoms with van der Waals surface area (Å²) >= 11 is 0. The highest BCUT2D eigenvalue weighted by molar-refractivity contribution is 6.05. The molecule has 0 aliphatic carbocycles. The number of carbonyl (C=O) groups excluding carboxylic acids is 1. The number of hydrogen-bond acceptors (Lipinski definition) is 4. The number of aryl methyl sites for hydroxylation is 1. The van der Waals surface area contributed by atoms with Crippen LogP contribution in [0.5, 0.6) is 11.5 Å². The van der Waals surface area contributed by atoms with Crippen LogP contribution in [0.25, 0.3) is 0 Å². The van der Waals surface area contributed by atoms with Gasteiger partial charge in [-0.25, -0.2) is 0 Å². The van der Waals surface area contributed by atoms with Gasteiger partial charge >= 0.3 is 0 Å². The van der Waals surface area contributed by atoms with Gasteiger partial charge in [0.15, 0.2) is 17.3 Å². The van der Waals surface area contributed by atoms with Crippen molar-refractivity contribution in [2.24, 2.45) is 0 Å². The average molecular weight is 309 g/mol. The predicted octanol–water partition coefficient (Wildman–Crippen LogP) is 3.96. The quantitative estimate of drug-likeness (QED) is 0.686. The zero-order chi connectivity index (χ0) is 16.2. The van der Waals surface area contributed by atoms with Crippen molar-refractivity contribution >= 4 is 11.5 Å². The number of carbonyl (C=O) groups is 1. The lowest BCUT2D eigenvalue weighted by molar-refractivity contribution is 0.104. The molecule has 3 rings (SSSR count). The fraction of sp³-hybridized carbons (Fsp3) is 0.211. The summed E-state index contributed by atoms with van der Waals surface area (Å²) in [5.74, 6) is 1.24. The number of anilines is 1. The Morgan fingerprint density at radius 1 is 1.04 bits per heavy atom. The predicted molar refractivity (Wildman–Crippen MR) is 90.3 cm³/mol. The zero-order valence-corrected chi connectivity index (χ0v) is 13.3. The number of hydrogen-bond donors (Lipinski definition) is 1. The van der Waals surface area contributed by atoms with E-state index in [1.165, 1.54) is 5.56 Å². The van der Waals surface area contributed by atoms with Gasteiger partial charge in [0.25, 0.3) is 0 Å². The van der Waals surface area contributed by atoms with Crippen molar-refractivity contribution in [1.29, 1.82) is 0 Å². The first-order valence-corrected chi connectivity index (χ1v) is 7.58. The lowest BCUT2D eigenvalue weighted by Crippen LogP contribution is -2.15. The molecule has 2 aromatic rings. The largest absolute Gasteiger partial charge is 0.486 e. The molecule has 0 unspecified atom stereocenters. The molecule has 0 bridgehead atoms. The van der Waals surface area contributed by atoms with Gasteiger partial charge in [-0.1, -0.05) is 17.7 Å². The molecule has 23 heavy (non-hydrogen) atoms. The van der Waals surface area contributed by atoms with Crippen LogP contribution in [0, 0.1) is 6.92 Å². The van der Waals surface area contributed by atoms with Crippen LogP contribution in [0.2, 0.25) is 0 Å². The summed E-state index contributed by atoms with van der Waals surface area (Å²) in [4.78, 5) is 12.4. The van der Waals surface area contributed by atoms with Gasteiger partial charge < -0.3 is 14.8 Å². The number of ether oxygens (including phenoxy) is 2. The van der Waals surface area contributed by atoms with E-state index in [4.69, 9.17) is 9.47 Å². The van der Waals surface area contributed by atoms with Crippen LogP contribution >= 0.6 is 0 Å². The van der Waals surface area contributed by atoms with Crippen LogP contribution in [-0.2, 0) is 0 Å². The van der Waals surface area contributed by atoms with E-state index in [0.717, 1.165) is 11.4 Å². The molecule has 1 N–H and O–H groups in total. The molecule has 0 aromatic heterocycles. The van der Waals surface area contributed by atoms with E-state index >= 15 is 0 Å². The standard InChI is InChI=1S/C19H19NO3/c1-13-3-6-16(7-4-13)20-14(2)11-17(21)15-5-8-18-19(12-15)23-10-9-22-18/h3-8,11-12,20H,9-10H2,1-2H3/b14-11-. The van der Waals surface area contributed by atoms with E-state index in [0.29, 0.717) is 30.3 Å². The van der Waals surface area contributed by atoms with E-state index in [-0.39, 0.29) is 5.78 Å². The van der Waals surface area contributed by atoms with E-state index in [1.54, 1.807) is 24.3 Å². The minimum absolute atomic E-state index is 0.0703. The molecule has 1 aliphatic heterocycles. The second kappa shape index (κ2) is 6.57. The van der Waals surface area contributed by atoms with Crippen molar-refractivity contribution in [1.82, 2.24) is 0 Å². The van der Waals surface area contributed by atoms with Crippen molar-refractivity contribution < 1.29 is 14.3 Å². The molecule has 1 aliphatic rings. The third kappa shape index (κ3) is 3.72. The molecule has 2 aromatic carbocycles. The van der Waals surface area contributed by atoms with E-state index in [2.05, 4.69) is 5.32 Å². The fourth-order valence-electron chi connectivity index (χ4n) is 2.38. The number of allylic oxidation sites excluding steroid dienone is 2. The molecule has 0 amide bonds. The van der Waals surface area contributed by atoms with Crippen molar-refractivity contribution in [3.63, 3.8) is 0 Å². The molecule has 4 heteroatoms. The van der Waals surface area contributed by atoms with Gasteiger partial charge in [-0.2, -0.15) is 0 Å². The summed E-state index contributed by atoms with van der Waals surface area (Å²) in [6.45, 7) is 4.96. The van der Waals surface area contributed by atoms with Gasteiger partial charge in [0.1, 0.15) is 13.2 Å². The minimum atomic E-state index is -0.0703. The number of fused-ring (bicyclic) bond motifs is 1. The fourth-order valence-corrected chi connectivity index (χ4v) is 2.38. The van der Waals surface area contributed by atoms with Gasteiger partial charge in [-0.3, -0.25) is 4.79 Å². The summed E-state index contributed by atoms with van der Waals surface area (Å²) in [6.07, 6.45) is 1.59. The molecule has 118 valence electrons. The SMILES string of the molecule is C/C(=C/C(=O)c1ccc2c(c1)OCCO2)Nc1ccc(C)cc1. The highest BCUT2D eigenvalue weighted by atomic mass is 16.6. The van der Waals surface area contributed by atoms with Gasteiger partial charge in [-0.05, 0) is 44.2 Å². The third-order valence-electron chi connectivity index (χ3n) is 3.57. The van der Waals surface area contributed by atoms with Gasteiger partial charge in [0, 0.05) is 23.0 Å². The third-order valence-corrected chi connectivity index (χ3v) is 3.57.